The summed E-state index contributed by atoms with van der Waals surface area (Å²) in [5, 5.41) is 5.69. The van der Waals surface area contributed by atoms with Gasteiger partial charge in [0, 0.05) is 38.4 Å². The van der Waals surface area contributed by atoms with Crippen LogP contribution in [0.25, 0.3) is 0 Å². The fourth-order valence-corrected chi connectivity index (χ4v) is 3.23. The van der Waals surface area contributed by atoms with Crippen LogP contribution in [0, 0.1) is 0 Å². The Bertz CT molecular complexity index is 859. The number of amides is 3. The molecule has 2 aromatic rings. The number of urea groups is 1. The Morgan fingerprint density at radius 1 is 1.00 bits per heavy atom. The standard InChI is InChI=1S/C22H26F2N4O3/c23-20(24)16-31-19-8-4-5-17(13-19)14-25-22(30)28-11-9-27(10-12-28)15-21(29)26-18-6-2-1-3-7-18/h1-8,13,20H,9-12,14-16H2,(H,25,30)(H,26,29). The van der Waals surface area contributed by atoms with Crippen LogP contribution in [0.3, 0.4) is 0 Å². The predicted octanol–water partition coefficient (Wildman–Crippen LogP) is 2.80. The monoisotopic (exact) mass is 432 g/mol. The molecular formula is C22H26F2N4O3. The average Bonchev–Trinajstić information content (AvgIpc) is 2.77. The Morgan fingerprint density at radius 3 is 2.45 bits per heavy atom. The van der Waals surface area contributed by atoms with E-state index < -0.39 is 13.0 Å². The summed E-state index contributed by atoms with van der Waals surface area (Å²) in [4.78, 5) is 28.3. The smallest absolute Gasteiger partial charge is 0.317 e. The Labute approximate surface area is 180 Å². The Hall–Kier alpha value is -3.20. The van der Waals surface area contributed by atoms with Gasteiger partial charge in [-0.2, -0.15) is 0 Å². The van der Waals surface area contributed by atoms with Crippen LogP contribution in [0.5, 0.6) is 5.75 Å². The molecule has 9 heteroatoms. The van der Waals surface area contributed by atoms with Crippen LogP contribution in [0.15, 0.2) is 54.6 Å². The molecule has 0 saturated carbocycles. The maximum absolute atomic E-state index is 12.4. The fraction of sp³-hybridized carbons (Fsp3) is 0.364. The molecule has 0 radical (unpaired) electrons. The number of anilines is 1. The van der Waals surface area contributed by atoms with E-state index in [2.05, 4.69) is 10.6 Å². The lowest BCUT2D eigenvalue weighted by Gasteiger charge is -2.34. The zero-order chi connectivity index (χ0) is 22.1. The molecule has 166 valence electrons. The molecule has 2 aromatic carbocycles. The first-order chi connectivity index (χ1) is 15.0. The number of para-hydroxylation sites is 1. The highest BCUT2D eigenvalue weighted by Crippen LogP contribution is 2.14. The van der Waals surface area contributed by atoms with Gasteiger partial charge in [0.2, 0.25) is 5.91 Å². The van der Waals surface area contributed by atoms with Crippen molar-refractivity contribution in [2.45, 2.75) is 13.0 Å². The van der Waals surface area contributed by atoms with E-state index >= 15 is 0 Å². The highest BCUT2D eigenvalue weighted by atomic mass is 19.3. The van der Waals surface area contributed by atoms with Crippen LogP contribution in [0.2, 0.25) is 0 Å². The van der Waals surface area contributed by atoms with Gasteiger partial charge in [0.1, 0.15) is 12.4 Å². The van der Waals surface area contributed by atoms with Gasteiger partial charge in [0.05, 0.1) is 6.54 Å². The van der Waals surface area contributed by atoms with Crippen molar-refractivity contribution in [1.82, 2.24) is 15.1 Å². The molecule has 0 bridgehead atoms. The predicted molar refractivity (Wildman–Crippen MR) is 113 cm³/mol. The number of rotatable bonds is 8. The van der Waals surface area contributed by atoms with Crippen LogP contribution in [-0.2, 0) is 11.3 Å². The number of halogens is 2. The van der Waals surface area contributed by atoms with E-state index in [1.54, 1.807) is 29.2 Å². The second-order valence-electron chi connectivity index (χ2n) is 7.19. The number of hydrogen-bond donors (Lipinski definition) is 2. The number of nitrogens with zero attached hydrogens (tertiary/aromatic N) is 2. The third-order valence-corrected chi connectivity index (χ3v) is 4.80. The van der Waals surface area contributed by atoms with E-state index in [9.17, 15) is 18.4 Å². The summed E-state index contributed by atoms with van der Waals surface area (Å²) in [5.41, 5.74) is 1.52. The van der Waals surface area contributed by atoms with E-state index in [0.29, 0.717) is 31.9 Å². The maximum Gasteiger partial charge on any atom is 0.317 e. The normalized spacial score (nSPS) is 14.4. The summed E-state index contributed by atoms with van der Waals surface area (Å²) in [6, 6.07) is 15.8. The molecule has 0 spiro atoms. The number of carbonyl (C=O) groups is 2. The minimum atomic E-state index is -2.54. The van der Waals surface area contributed by atoms with Gasteiger partial charge >= 0.3 is 6.03 Å². The quantitative estimate of drug-likeness (QED) is 0.673. The molecule has 1 aliphatic heterocycles. The van der Waals surface area contributed by atoms with E-state index in [1.807, 2.05) is 35.2 Å². The number of benzene rings is 2. The van der Waals surface area contributed by atoms with Gasteiger partial charge in [0.15, 0.2) is 0 Å². The van der Waals surface area contributed by atoms with Gasteiger partial charge in [-0.05, 0) is 29.8 Å². The van der Waals surface area contributed by atoms with Gasteiger partial charge in [-0.15, -0.1) is 0 Å². The highest BCUT2D eigenvalue weighted by Gasteiger charge is 2.22. The Balaban J connectivity index is 1.38. The lowest BCUT2D eigenvalue weighted by molar-refractivity contribution is -0.117. The summed E-state index contributed by atoms with van der Waals surface area (Å²) in [6.07, 6.45) is -2.54. The number of carbonyl (C=O) groups excluding carboxylic acids is 2. The molecular weight excluding hydrogens is 406 g/mol. The summed E-state index contributed by atoms with van der Waals surface area (Å²) in [6.45, 7) is 2.12. The van der Waals surface area contributed by atoms with Crippen molar-refractivity contribution in [3.8, 4) is 5.75 Å². The third-order valence-electron chi connectivity index (χ3n) is 4.80. The molecule has 7 nitrogen and oxygen atoms in total. The molecule has 1 saturated heterocycles. The van der Waals surface area contributed by atoms with Gasteiger partial charge < -0.3 is 20.3 Å². The summed E-state index contributed by atoms with van der Waals surface area (Å²) in [5.74, 6) is 0.257. The average molecular weight is 432 g/mol. The topological polar surface area (TPSA) is 73.9 Å². The second-order valence-corrected chi connectivity index (χ2v) is 7.19. The first-order valence-electron chi connectivity index (χ1n) is 10.1. The van der Waals surface area contributed by atoms with Crippen LogP contribution in [-0.4, -0.2) is 67.5 Å². The molecule has 0 atom stereocenters. The lowest BCUT2D eigenvalue weighted by atomic mass is 10.2. The molecule has 1 aliphatic rings. The minimum Gasteiger partial charge on any atom is -0.488 e. The third kappa shape index (κ3) is 7.53. The second kappa shape index (κ2) is 11.3. The van der Waals surface area contributed by atoms with Crippen molar-refractivity contribution in [2.24, 2.45) is 0 Å². The Kier molecular flexibility index (Phi) is 8.17. The van der Waals surface area contributed by atoms with Gasteiger partial charge in [-0.1, -0.05) is 30.3 Å². The van der Waals surface area contributed by atoms with Crippen LogP contribution in [0.4, 0.5) is 19.3 Å². The van der Waals surface area contributed by atoms with E-state index in [4.69, 9.17) is 4.74 Å². The van der Waals surface area contributed by atoms with Crippen molar-refractivity contribution in [3.63, 3.8) is 0 Å². The minimum absolute atomic E-state index is 0.0851. The van der Waals surface area contributed by atoms with Gasteiger partial charge in [-0.25, -0.2) is 13.6 Å². The molecule has 0 unspecified atom stereocenters. The van der Waals surface area contributed by atoms with Gasteiger partial charge in [-0.3, -0.25) is 9.69 Å². The zero-order valence-corrected chi connectivity index (χ0v) is 17.1. The molecule has 2 N–H and O–H groups in total. The van der Waals surface area contributed by atoms with Crippen LogP contribution >= 0.6 is 0 Å². The molecule has 1 fully saturated rings. The number of ether oxygens (including phenoxy) is 1. The van der Waals surface area contributed by atoms with Crippen molar-refractivity contribution in [3.05, 3.63) is 60.2 Å². The van der Waals surface area contributed by atoms with Gasteiger partial charge in [0.25, 0.3) is 6.43 Å². The number of nitrogens with one attached hydrogen (secondary N) is 2. The summed E-state index contributed by atoms with van der Waals surface area (Å²) >= 11 is 0. The SMILES string of the molecule is O=C(CN1CCN(C(=O)NCc2cccc(OCC(F)F)c2)CC1)Nc1ccccc1. The molecule has 3 rings (SSSR count). The largest absolute Gasteiger partial charge is 0.488 e. The summed E-state index contributed by atoms with van der Waals surface area (Å²) < 4.78 is 29.5. The number of alkyl halides is 2. The van der Waals surface area contributed by atoms with Crippen LogP contribution in [0.1, 0.15) is 5.56 Å². The number of hydrogen-bond acceptors (Lipinski definition) is 4. The zero-order valence-electron chi connectivity index (χ0n) is 17.1. The maximum atomic E-state index is 12.4. The fourth-order valence-electron chi connectivity index (χ4n) is 3.23. The first kappa shape index (κ1) is 22.5. The van der Waals surface area contributed by atoms with Crippen molar-refractivity contribution < 1.29 is 23.1 Å². The van der Waals surface area contributed by atoms with E-state index in [0.717, 1.165) is 11.3 Å². The molecule has 0 aliphatic carbocycles. The van der Waals surface area contributed by atoms with E-state index in [1.165, 1.54) is 0 Å². The van der Waals surface area contributed by atoms with Crippen molar-refractivity contribution >= 4 is 17.6 Å². The molecule has 31 heavy (non-hydrogen) atoms. The van der Waals surface area contributed by atoms with Crippen LogP contribution < -0.4 is 15.4 Å². The molecule has 3 amide bonds. The van der Waals surface area contributed by atoms with Crippen molar-refractivity contribution in [2.75, 3.05) is 44.6 Å². The number of piperazine rings is 1. The van der Waals surface area contributed by atoms with Crippen molar-refractivity contribution in [1.29, 1.82) is 0 Å². The lowest BCUT2D eigenvalue weighted by Crippen LogP contribution is -2.52. The Morgan fingerprint density at radius 2 is 1.74 bits per heavy atom. The highest BCUT2D eigenvalue weighted by molar-refractivity contribution is 5.92. The summed E-state index contributed by atoms with van der Waals surface area (Å²) in [7, 11) is 0. The first-order valence-corrected chi connectivity index (χ1v) is 10.1. The molecule has 1 heterocycles. The molecule has 0 aromatic heterocycles. The van der Waals surface area contributed by atoms with E-state index in [-0.39, 0.29) is 25.0 Å².